The van der Waals surface area contributed by atoms with Crippen molar-refractivity contribution in [2.24, 2.45) is 10.2 Å². The monoisotopic (exact) mass is 261 g/mol. The number of hydrogen-bond acceptors (Lipinski definition) is 2. The number of fused-ring (bicyclic) bond motifs is 1. The molecule has 0 atom stereocenters. The summed E-state index contributed by atoms with van der Waals surface area (Å²) in [6, 6.07) is 15.9. The third-order valence-electron chi connectivity index (χ3n) is 3.20. The van der Waals surface area contributed by atoms with Gasteiger partial charge in [-0.1, -0.05) is 36.9 Å². The summed E-state index contributed by atoms with van der Waals surface area (Å²) >= 11 is 0. The van der Waals surface area contributed by atoms with Crippen LogP contribution < -0.4 is 0 Å². The van der Waals surface area contributed by atoms with Crippen LogP contribution in [0.1, 0.15) is 11.1 Å². The maximum Gasteiger partial charge on any atom is 0.162 e. The molecule has 98 valence electrons. The molecule has 0 aliphatic rings. The Morgan fingerprint density at radius 3 is 2.60 bits per heavy atom. The Bertz CT molecular complexity index is 783. The Morgan fingerprint density at radius 1 is 1.05 bits per heavy atom. The smallest absolute Gasteiger partial charge is 0.162 e. The fourth-order valence-corrected chi connectivity index (χ4v) is 2.15. The van der Waals surface area contributed by atoms with Gasteiger partial charge < -0.3 is 0 Å². The van der Waals surface area contributed by atoms with Crippen molar-refractivity contribution in [2.45, 2.75) is 6.92 Å². The van der Waals surface area contributed by atoms with Crippen LogP contribution in [0.15, 0.2) is 71.5 Å². The van der Waals surface area contributed by atoms with Gasteiger partial charge in [0, 0.05) is 11.7 Å². The van der Waals surface area contributed by atoms with E-state index in [1.165, 1.54) is 0 Å². The highest BCUT2D eigenvalue weighted by atomic mass is 15.2. The molecule has 2 heterocycles. The lowest BCUT2D eigenvalue weighted by atomic mass is 10.2. The summed E-state index contributed by atoms with van der Waals surface area (Å²) in [5.74, 6) is 0.854. The van der Waals surface area contributed by atoms with Crippen LogP contribution in [-0.4, -0.2) is 4.40 Å². The van der Waals surface area contributed by atoms with Crippen molar-refractivity contribution in [3.8, 4) is 0 Å². The Morgan fingerprint density at radius 2 is 1.85 bits per heavy atom. The molecule has 0 N–H and O–H groups in total. The molecule has 0 unspecified atom stereocenters. The molecule has 0 saturated carbocycles. The maximum absolute atomic E-state index is 4.39. The summed E-state index contributed by atoms with van der Waals surface area (Å²) < 4.78 is 2.04. The molecule has 3 heteroatoms. The van der Waals surface area contributed by atoms with E-state index in [9.17, 15) is 0 Å². The Hall–Kier alpha value is -2.68. The van der Waals surface area contributed by atoms with Crippen LogP contribution >= 0.6 is 0 Å². The van der Waals surface area contributed by atoms with Gasteiger partial charge in [-0.2, -0.15) is 0 Å². The van der Waals surface area contributed by atoms with E-state index < -0.39 is 0 Å². The average Bonchev–Trinajstić information content (AvgIpc) is 2.80. The predicted molar refractivity (Wildman–Crippen MR) is 82.8 cm³/mol. The molecule has 20 heavy (non-hydrogen) atoms. The van der Waals surface area contributed by atoms with Crippen molar-refractivity contribution in [3.05, 3.63) is 72.4 Å². The minimum absolute atomic E-state index is 0.849. The summed E-state index contributed by atoms with van der Waals surface area (Å²) in [6.45, 7) is 5.84. The van der Waals surface area contributed by atoms with Gasteiger partial charge >= 0.3 is 0 Å². The van der Waals surface area contributed by atoms with Gasteiger partial charge in [-0.25, -0.2) is 0 Å². The number of aryl methyl sites for hydroxylation is 1. The minimum atomic E-state index is 0.849. The van der Waals surface area contributed by atoms with Crippen LogP contribution in [0.25, 0.3) is 11.6 Å². The number of benzene rings is 1. The second-order valence-electron chi connectivity index (χ2n) is 4.65. The summed E-state index contributed by atoms with van der Waals surface area (Å²) in [7, 11) is 0. The maximum atomic E-state index is 4.39. The van der Waals surface area contributed by atoms with Gasteiger partial charge in [-0.15, -0.1) is 10.2 Å². The quantitative estimate of drug-likeness (QED) is 0.572. The van der Waals surface area contributed by atoms with E-state index in [0.717, 1.165) is 28.1 Å². The van der Waals surface area contributed by atoms with Crippen LogP contribution in [0.5, 0.6) is 0 Å². The SMILES string of the molecule is C=Cc1ccc2cc(C)c(N=Nc3ccccc3)n2c1. The lowest BCUT2D eigenvalue weighted by Gasteiger charge is -2.00. The molecule has 3 rings (SSSR count). The number of nitrogens with zero attached hydrogens (tertiary/aromatic N) is 3. The molecule has 1 aromatic carbocycles. The van der Waals surface area contributed by atoms with E-state index in [-0.39, 0.29) is 0 Å². The second kappa shape index (κ2) is 5.13. The zero-order valence-electron chi connectivity index (χ0n) is 11.3. The lowest BCUT2D eigenvalue weighted by Crippen LogP contribution is -1.84. The van der Waals surface area contributed by atoms with E-state index in [0.29, 0.717) is 0 Å². The van der Waals surface area contributed by atoms with Gasteiger partial charge in [0.2, 0.25) is 0 Å². The van der Waals surface area contributed by atoms with E-state index in [1.807, 2.05) is 60.0 Å². The van der Waals surface area contributed by atoms with Crippen LogP contribution in [-0.2, 0) is 0 Å². The first kappa shape index (κ1) is 12.4. The highest BCUT2D eigenvalue weighted by Crippen LogP contribution is 2.26. The minimum Gasteiger partial charge on any atom is -0.300 e. The molecule has 0 fully saturated rings. The fourth-order valence-electron chi connectivity index (χ4n) is 2.15. The van der Waals surface area contributed by atoms with E-state index in [4.69, 9.17) is 0 Å². The normalized spacial score (nSPS) is 11.2. The zero-order chi connectivity index (χ0) is 13.9. The van der Waals surface area contributed by atoms with E-state index >= 15 is 0 Å². The van der Waals surface area contributed by atoms with Crippen LogP contribution in [0.3, 0.4) is 0 Å². The molecule has 3 nitrogen and oxygen atoms in total. The zero-order valence-corrected chi connectivity index (χ0v) is 11.3. The highest BCUT2D eigenvalue weighted by Gasteiger charge is 2.06. The molecular formula is C17H15N3. The summed E-state index contributed by atoms with van der Waals surface area (Å²) in [5, 5.41) is 8.69. The second-order valence-corrected chi connectivity index (χ2v) is 4.65. The molecule has 0 bridgehead atoms. The number of hydrogen-bond donors (Lipinski definition) is 0. The molecule has 0 saturated heterocycles. The molecular weight excluding hydrogens is 246 g/mol. The Labute approximate surface area is 117 Å². The lowest BCUT2D eigenvalue weighted by molar-refractivity contribution is 1.09. The Kier molecular flexibility index (Phi) is 3.17. The number of pyridine rings is 1. The first-order chi connectivity index (χ1) is 9.78. The molecule has 2 aromatic heterocycles. The number of azo groups is 1. The van der Waals surface area contributed by atoms with Crippen molar-refractivity contribution in [2.75, 3.05) is 0 Å². The number of rotatable bonds is 3. The third-order valence-corrected chi connectivity index (χ3v) is 3.20. The van der Waals surface area contributed by atoms with Crippen molar-refractivity contribution in [3.63, 3.8) is 0 Å². The van der Waals surface area contributed by atoms with Crippen molar-refractivity contribution in [1.82, 2.24) is 4.40 Å². The first-order valence-electron chi connectivity index (χ1n) is 6.49. The highest BCUT2D eigenvalue weighted by molar-refractivity contribution is 5.63. The summed E-state index contributed by atoms with van der Waals surface area (Å²) in [6.07, 6.45) is 3.85. The average molecular weight is 261 g/mol. The topological polar surface area (TPSA) is 29.1 Å². The van der Waals surface area contributed by atoms with Crippen LogP contribution in [0.2, 0.25) is 0 Å². The fraction of sp³-hybridized carbons (Fsp3) is 0.0588. The molecule has 0 amide bonds. The standard InChI is InChI=1S/C17H15N3/c1-3-14-9-10-16-11-13(2)17(20(16)12-14)19-18-15-7-5-4-6-8-15/h3-12H,1H2,2H3. The van der Waals surface area contributed by atoms with Gasteiger partial charge in [-0.3, -0.25) is 4.40 Å². The van der Waals surface area contributed by atoms with Crippen molar-refractivity contribution in [1.29, 1.82) is 0 Å². The molecule has 0 radical (unpaired) electrons. The van der Waals surface area contributed by atoms with E-state index in [2.05, 4.69) is 28.9 Å². The van der Waals surface area contributed by atoms with Crippen molar-refractivity contribution >= 4 is 23.1 Å². The third kappa shape index (κ3) is 2.26. The largest absolute Gasteiger partial charge is 0.300 e. The number of aromatic nitrogens is 1. The first-order valence-corrected chi connectivity index (χ1v) is 6.49. The van der Waals surface area contributed by atoms with Gasteiger partial charge in [0.1, 0.15) is 0 Å². The summed E-state index contributed by atoms with van der Waals surface area (Å²) in [4.78, 5) is 0. The molecule has 0 aliphatic heterocycles. The van der Waals surface area contributed by atoms with E-state index in [1.54, 1.807) is 0 Å². The van der Waals surface area contributed by atoms with Crippen LogP contribution in [0, 0.1) is 6.92 Å². The molecule has 3 aromatic rings. The van der Waals surface area contributed by atoms with Crippen LogP contribution in [0.4, 0.5) is 11.5 Å². The molecule has 0 spiro atoms. The van der Waals surface area contributed by atoms with Gasteiger partial charge in [-0.05, 0) is 42.3 Å². The van der Waals surface area contributed by atoms with Gasteiger partial charge in [0.05, 0.1) is 5.69 Å². The Balaban J connectivity index is 2.08. The predicted octanol–water partition coefficient (Wildman–Crippen LogP) is 5.31. The van der Waals surface area contributed by atoms with Crippen molar-refractivity contribution < 1.29 is 0 Å². The summed E-state index contributed by atoms with van der Waals surface area (Å²) in [5.41, 5.74) is 4.12. The van der Waals surface area contributed by atoms with Gasteiger partial charge in [0.15, 0.2) is 5.82 Å². The molecule has 0 aliphatic carbocycles. The van der Waals surface area contributed by atoms with Gasteiger partial charge in [0.25, 0.3) is 0 Å².